The lowest BCUT2D eigenvalue weighted by Gasteiger charge is -2.14. The zero-order valence-electron chi connectivity index (χ0n) is 69.6. The van der Waals surface area contributed by atoms with E-state index in [1.807, 2.05) is 0 Å². The second-order valence-electron chi connectivity index (χ2n) is 33.1. The quantitative estimate of drug-likeness (QED) is 0.113. The largest absolute Gasteiger partial charge is 0.355 e. The Morgan fingerprint density at radius 3 is 0.664 bits per heavy atom. The van der Waals surface area contributed by atoms with Crippen LogP contribution in [-0.4, -0.2) is 39.9 Å². The molecule has 0 amide bonds. The maximum Gasteiger partial charge on any atom is 0.0743 e. The number of aromatic nitrogens is 8. The highest BCUT2D eigenvalue weighted by molar-refractivity contribution is 6.06. The maximum atomic E-state index is 5.74. The van der Waals surface area contributed by atoms with Crippen LogP contribution in [0.4, 0.5) is 0 Å². The van der Waals surface area contributed by atoms with Crippen molar-refractivity contribution < 1.29 is 0 Å². The summed E-state index contributed by atoms with van der Waals surface area (Å²) in [5, 5.41) is 0. The van der Waals surface area contributed by atoms with Crippen molar-refractivity contribution in [3.05, 3.63) is 350 Å². The summed E-state index contributed by atoms with van der Waals surface area (Å²) < 4.78 is 0. The monoisotopic (exact) mass is 1500 g/mol. The van der Waals surface area contributed by atoms with Crippen molar-refractivity contribution in [2.75, 3.05) is 0 Å². The van der Waals surface area contributed by atoms with Crippen LogP contribution in [0, 0.1) is 136 Å². The summed E-state index contributed by atoms with van der Waals surface area (Å²) in [6.07, 6.45) is 13.4. The lowest BCUT2D eigenvalue weighted by atomic mass is 9.92. The number of fused-ring (bicyclic) bond motifs is 16. The molecule has 0 spiro atoms. The van der Waals surface area contributed by atoms with Crippen LogP contribution in [0.1, 0.15) is 168 Å². The highest BCUT2D eigenvalue weighted by Gasteiger charge is 2.28. The van der Waals surface area contributed by atoms with Crippen LogP contribution in [0.25, 0.3) is 158 Å². The molecule has 0 radical (unpaired) electrons. The third-order valence-corrected chi connectivity index (χ3v) is 23.7. The Bertz CT molecular complexity index is 6620. The molecule has 4 N–H and O–H groups in total. The summed E-state index contributed by atoms with van der Waals surface area (Å²) >= 11 is 0. The van der Waals surface area contributed by atoms with Gasteiger partial charge in [0.15, 0.2) is 0 Å². The lowest BCUT2D eigenvalue weighted by molar-refractivity contribution is 1.27. The van der Waals surface area contributed by atoms with Crippen molar-refractivity contribution in [2.45, 2.75) is 125 Å². The average molecular weight is 1500 g/mol. The fraction of sp³-hybridized carbons (Fsp3) is 0.167. The number of nitrogens with zero attached hydrogens (tertiary/aromatic N) is 4. The predicted molar refractivity (Wildman–Crippen MR) is 491 cm³/mol. The number of H-pyrrole nitrogens is 4. The molecule has 0 saturated heterocycles. The van der Waals surface area contributed by atoms with Gasteiger partial charge in [0.1, 0.15) is 0 Å². The standard InChI is InChI=1S/C108H94N8/c1-57-41-63(7)97(64(8)42-57)103-83-31-29-79(109-83)53-93-81(55-95(115-93)107(101-71(15)49-61(5)50-72(101)16)91-39-37-89(113-91)105(87-35-33-85(103)111-87)99-67(11)45-59(3)46-68(99)12)77-25-21-75(22-26-77)19-20-76-23-27-78(28-24-76)82-56-96-108(102-73(17)51-62(6)52-74(102)18)92-40-38-90(114-92)106(100-69(13)47-60(4)48-70(100)14)88-36-34-86(112-88)104(98-65(9)43-58(2)44-66(98)10)84-32-30-80(110-84)54-94(82)116-96/h21-56,109-110,113-114H,1-18H3. The number of nitrogens with one attached hydrogen (secondary N) is 4. The van der Waals surface area contributed by atoms with Gasteiger partial charge in [0, 0.05) is 99.8 Å². The molecule has 8 aromatic carbocycles. The van der Waals surface area contributed by atoms with E-state index in [1.54, 1.807) is 0 Å². The van der Waals surface area contributed by atoms with Gasteiger partial charge >= 0.3 is 0 Å². The van der Waals surface area contributed by atoms with Gasteiger partial charge in [-0.15, -0.1) is 0 Å². The normalized spacial score (nSPS) is 12.4. The summed E-state index contributed by atoms with van der Waals surface area (Å²) in [5.74, 6) is 7.14. The number of hydrogen-bond donors (Lipinski definition) is 4. The number of rotatable bonds is 8. The van der Waals surface area contributed by atoms with Crippen LogP contribution in [0.2, 0.25) is 0 Å². The van der Waals surface area contributed by atoms with E-state index in [0.29, 0.717) is 0 Å². The first kappa shape index (κ1) is 74.0. The molecule has 18 rings (SSSR count). The molecular weight excluding hydrogens is 1410 g/mol. The van der Waals surface area contributed by atoms with E-state index < -0.39 is 0 Å². The van der Waals surface area contributed by atoms with Crippen molar-refractivity contribution >= 4 is 91.7 Å². The van der Waals surface area contributed by atoms with Gasteiger partial charge in [0.05, 0.1) is 45.6 Å². The summed E-state index contributed by atoms with van der Waals surface area (Å²) in [4.78, 5) is 38.8. The molecular formula is C108H94N8. The zero-order valence-corrected chi connectivity index (χ0v) is 69.6. The summed E-state index contributed by atoms with van der Waals surface area (Å²) in [7, 11) is 0. The summed E-state index contributed by atoms with van der Waals surface area (Å²) in [6, 6.07) is 67.0. The smallest absolute Gasteiger partial charge is 0.0743 e. The van der Waals surface area contributed by atoms with Crippen molar-refractivity contribution in [2.24, 2.45) is 0 Å². The molecule has 6 aromatic heterocycles. The minimum Gasteiger partial charge on any atom is -0.355 e. The van der Waals surface area contributed by atoms with Crippen molar-refractivity contribution in [1.29, 1.82) is 0 Å². The number of aromatic amines is 4. The fourth-order valence-corrected chi connectivity index (χ4v) is 19.5. The third-order valence-electron chi connectivity index (χ3n) is 23.7. The Labute approximate surface area is 680 Å². The van der Waals surface area contributed by atoms with Gasteiger partial charge in [-0.1, -0.05) is 142 Å². The lowest BCUT2D eigenvalue weighted by Crippen LogP contribution is -1.95. The van der Waals surface area contributed by atoms with Crippen LogP contribution in [-0.2, 0) is 0 Å². The predicted octanol–water partition coefficient (Wildman–Crippen LogP) is 27.4. The first-order valence-corrected chi connectivity index (χ1v) is 40.4. The average Bonchev–Trinajstić information content (AvgIpc) is 1.59. The molecule has 14 aromatic rings. The van der Waals surface area contributed by atoms with Gasteiger partial charge in [-0.25, -0.2) is 19.9 Å². The molecule has 8 nitrogen and oxygen atoms in total. The Morgan fingerprint density at radius 1 is 0.207 bits per heavy atom. The number of hydrogen-bond acceptors (Lipinski definition) is 4. The van der Waals surface area contributed by atoms with Gasteiger partial charge in [-0.3, -0.25) is 0 Å². The molecule has 10 heterocycles. The van der Waals surface area contributed by atoms with Crippen molar-refractivity contribution in [1.82, 2.24) is 39.9 Å². The van der Waals surface area contributed by atoms with Crippen LogP contribution in [0.15, 0.2) is 182 Å². The molecule has 0 saturated carbocycles. The first-order chi connectivity index (χ1) is 55.8. The van der Waals surface area contributed by atoms with Crippen LogP contribution < -0.4 is 0 Å². The van der Waals surface area contributed by atoms with Crippen LogP contribution in [0.5, 0.6) is 0 Å². The summed E-state index contributed by atoms with van der Waals surface area (Å²) in [5.41, 5.74) is 55.6. The minimum atomic E-state index is 0.849. The first-order valence-electron chi connectivity index (χ1n) is 40.4. The van der Waals surface area contributed by atoms with Crippen molar-refractivity contribution in [3.8, 4) is 78.6 Å². The van der Waals surface area contributed by atoms with E-state index in [-0.39, 0.29) is 0 Å². The Hall–Kier alpha value is -13.5. The molecule has 8 heteroatoms. The number of benzene rings is 8. The Kier molecular flexibility index (Phi) is 18.4. The summed E-state index contributed by atoms with van der Waals surface area (Å²) in [6.45, 7) is 39.8. The Balaban J connectivity index is 0.773. The van der Waals surface area contributed by atoms with Crippen LogP contribution in [0.3, 0.4) is 0 Å². The fourth-order valence-electron chi connectivity index (χ4n) is 19.5. The van der Waals surface area contributed by atoms with E-state index in [2.05, 4.69) is 375 Å². The topological polar surface area (TPSA) is 115 Å². The van der Waals surface area contributed by atoms with E-state index >= 15 is 0 Å². The zero-order chi connectivity index (χ0) is 80.5. The molecule has 0 unspecified atom stereocenters. The minimum absolute atomic E-state index is 0.849. The SMILES string of the molecule is Cc1cc(C)c(-c2c3nc(c(-c4c(C)cc(C)cc4C)c4ccc([nH]4)c(-c4c(C)cc(C)cc4C)c4nc(cc5ccc2[nH]5)C(c2ccc(C#Cc5ccc(C6=Cc7nc6cc6ccc([nH]6)c(-c6c(C)cc(C)cc6C)c6nc(c(-c8c(C)cc(C)cc8C)c8ccc([nH]8)c7-c7c(C)cc(C)cc7C)C=C6)cc5)cc2)=C4)C=C3)c(C)c1. The van der Waals surface area contributed by atoms with Gasteiger partial charge in [-0.2, -0.15) is 0 Å². The second kappa shape index (κ2) is 28.9. The highest BCUT2D eigenvalue weighted by Crippen LogP contribution is 2.47. The molecule has 4 aliphatic heterocycles. The van der Waals surface area contributed by atoms with E-state index in [1.165, 1.54) is 122 Å². The number of aryl methyl sites for hydroxylation is 18. The molecule has 566 valence electrons. The molecule has 4 aliphatic rings. The van der Waals surface area contributed by atoms with Gasteiger partial charge in [0.2, 0.25) is 0 Å². The van der Waals surface area contributed by atoms with E-state index in [0.717, 1.165) is 168 Å². The molecule has 0 fully saturated rings. The van der Waals surface area contributed by atoms with Crippen molar-refractivity contribution in [3.63, 3.8) is 0 Å². The second-order valence-corrected chi connectivity index (χ2v) is 33.1. The third kappa shape index (κ3) is 13.3. The van der Waals surface area contributed by atoms with E-state index in [4.69, 9.17) is 19.9 Å². The van der Waals surface area contributed by atoms with Gasteiger partial charge in [0.25, 0.3) is 0 Å². The Morgan fingerprint density at radius 2 is 0.422 bits per heavy atom. The van der Waals surface area contributed by atoms with E-state index in [9.17, 15) is 0 Å². The molecule has 0 atom stereocenters. The maximum absolute atomic E-state index is 5.74. The molecule has 116 heavy (non-hydrogen) atoms. The van der Waals surface area contributed by atoms with Gasteiger partial charge in [-0.05, 0) is 357 Å². The molecule has 16 bridgehead atoms. The van der Waals surface area contributed by atoms with Crippen LogP contribution >= 0.6 is 0 Å². The van der Waals surface area contributed by atoms with Gasteiger partial charge < -0.3 is 19.9 Å². The highest BCUT2D eigenvalue weighted by atomic mass is 14.8. The molecule has 0 aliphatic carbocycles.